The Bertz CT molecular complexity index is 357. The highest BCUT2D eigenvalue weighted by atomic mass is 15.1. The first-order valence-corrected chi connectivity index (χ1v) is 7.02. The van der Waals surface area contributed by atoms with Crippen LogP contribution in [0.15, 0.2) is 36.4 Å². The average molecular weight is 244 g/mol. The van der Waals surface area contributed by atoms with Crippen LogP contribution in [0.25, 0.3) is 6.08 Å². The normalized spacial score (nSPS) is 21.5. The fourth-order valence-corrected chi connectivity index (χ4v) is 2.69. The van der Waals surface area contributed by atoms with Crippen molar-refractivity contribution < 1.29 is 0 Å². The van der Waals surface area contributed by atoms with Gasteiger partial charge in [0.05, 0.1) is 0 Å². The van der Waals surface area contributed by atoms with E-state index in [4.69, 9.17) is 5.73 Å². The Morgan fingerprint density at radius 1 is 1.28 bits per heavy atom. The van der Waals surface area contributed by atoms with Crippen LogP contribution in [0.2, 0.25) is 0 Å². The van der Waals surface area contributed by atoms with Crippen LogP contribution in [0.1, 0.15) is 24.8 Å². The molecule has 2 nitrogen and oxygen atoms in total. The van der Waals surface area contributed by atoms with E-state index >= 15 is 0 Å². The molecule has 98 valence electrons. The molecule has 1 saturated heterocycles. The Kier molecular flexibility index (Phi) is 5.43. The summed E-state index contributed by atoms with van der Waals surface area (Å²) in [6.07, 6.45) is 8.35. The van der Waals surface area contributed by atoms with Crippen LogP contribution in [-0.2, 0) is 0 Å². The molecule has 0 spiro atoms. The second-order valence-electron chi connectivity index (χ2n) is 5.16. The van der Waals surface area contributed by atoms with Crippen molar-refractivity contribution in [3.05, 3.63) is 42.0 Å². The molecule has 0 aliphatic carbocycles. The molecule has 2 heteroatoms. The Morgan fingerprint density at radius 2 is 2.11 bits per heavy atom. The maximum absolute atomic E-state index is 5.65. The summed E-state index contributed by atoms with van der Waals surface area (Å²) in [6, 6.07) is 10.5. The molecule has 1 aliphatic heterocycles. The molecule has 1 fully saturated rings. The maximum Gasteiger partial charge on any atom is 0.0166 e. The summed E-state index contributed by atoms with van der Waals surface area (Å²) in [6.45, 7) is 4.35. The van der Waals surface area contributed by atoms with Crippen LogP contribution in [0, 0.1) is 5.92 Å². The predicted molar refractivity (Wildman–Crippen MR) is 78.3 cm³/mol. The van der Waals surface area contributed by atoms with Crippen LogP contribution in [0.5, 0.6) is 0 Å². The molecule has 1 aliphatic rings. The molecule has 0 amide bonds. The van der Waals surface area contributed by atoms with E-state index in [0.717, 1.165) is 19.0 Å². The van der Waals surface area contributed by atoms with E-state index in [2.05, 4.69) is 47.4 Å². The van der Waals surface area contributed by atoms with Gasteiger partial charge in [-0.3, -0.25) is 4.90 Å². The van der Waals surface area contributed by atoms with E-state index in [0.29, 0.717) is 0 Å². The highest BCUT2D eigenvalue weighted by Gasteiger charge is 2.17. The second kappa shape index (κ2) is 7.34. The summed E-state index contributed by atoms with van der Waals surface area (Å²) in [5.74, 6) is 0.814. The van der Waals surface area contributed by atoms with Gasteiger partial charge in [0.1, 0.15) is 0 Å². The number of piperidine rings is 1. The van der Waals surface area contributed by atoms with Crippen molar-refractivity contribution in [2.75, 3.05) is 26.2 Å². The van der Waals surface area contributed by atoms with E-state index < -0.39 is 0 Å². The van der Waals surface area contributed by atoms with Crippen molar-refractivity contribution in [3.63, 3.8) is 0 Å². The Hall–Kier alpha value is -1.12. The largest absolute Gasteiger partial charge is 0.330 e. The minimum absolute atomic E-state index is 0.814. The summed E-state index contributed by atoms with van der Waals surface area (Å²) in [5.41, 5.74) is 6.93. The van der Waals surface area contributed by atoms with Gasteiger partial charge in [0.2, 0.25) is 0 Å². The molecule has 2 rings (SSSR count). The predicted octanol–water partition coefficient (Wildman–Crippen LogP) is 2.76. The van der Waals surface area contributed by atoms with Gasteiger partial charge >= 0.3 is 0 Å². The minimum atomic E-state index is 0.814. The molecule has 18 heavy (non-hydrogen) atoms. The minimum Gasteiger partial charge on any atom is -0.330 e. The molecule has 1 aromatic rings. The molecule has 1 unspecified atom stereocenters. The maximum atomic E-state index is 5.65. The molecule has 0 radical (unpaired) electrons. The van der Waals surface area contributed by atoms with Crippen molar-refractivity contribution in [2.24, 2.45) is 11.7 Å². The first kappa shape index (κ1) is 13.3. The molecule has 0 saturated carbocycles. The van der Waals surface area contributed by atoms with E-state index in [1.165, 1.54) is 37.9 Å². The Labute approximate surface area is 110 Å². The standard InChI is InChI=1S/C16H24N2/c17-11-10-16-9-5-13-18(14-16)12-4-8-15-6-2-1-3-7-15/h1-4,6-8,16H,5,9-14,17H2/b8-4+. The zero-order chi connectivity index (χ0) is 12.6. The van der Waals surface area contributed by atoms with Gasteiger partial charge < -0.3 is 5.73 Å². The van der Waals surface area contributed by atoms with Crippen molar-refractivity contribution in [1.29, 1.82) is 0 Å². The molecule has 1 aromatic carbocycles. The third-order valence-corrected chi connectivity index (χ3v) is 3.65. The summed E-state index contributed by atoms with van der Waals surface area (Å²) in [7, 11) is 0. The van der Waals surface area contributed by atoms with Gasteiger partial charge in [0.25, 0.3) is 0 Å². The second-order valence-corrected chi connectivity index (χ2v) is 5.16. The smallest absolute Gasteiger partial charge is 0.0166 e. The monoisotopic (exact) mass is 244 g/mol. The lowest BCUT2D eigenvalue weighted by Gasteiger charge is -2.31. The third-order valence-electron chi connectivity index (χ3n) is 3.65. The molecule has 1 heterocycles. The number of benzene rings is 1. The van der Waals surface area contributed by atoms with Crippen molar-refractivity contribution in [2.45, 2.75) is 19.3 Å². The average Bonchev–Trinajstić information content (AvgIpc) is 2.41. The lowest BCUT2D eigenvalue weighted by Crippen LogP contribution is -2.36. The Balaban J connectivity index is 1.77. The van der Waals surface area contributed by atoms with E-state index in [-0.39, 0.29) is 0 Å². The molecule has 0 bridgehead atoms. The van der Waals surface area contributed by atoms with Gasteiger partial charge in [-0.1, -0.05) is 42.5 Å². The first-order chi connectivity index (χ1) is 8.88. The quantitative estimate of drug-likeness (QED) is 0.863. The third kappa shape index (κ3) is 4.28. The van der Waals surface area contributed by atoms with E-state index in [1.54, 1.807) is 0 Å². The number of nitrogens with two attached hydrogens (primary N) is 1. The topological polar surface area (TPSA) is 29.3 Å². The number of hydrogen-bond acceptors (Lipinski definition) is 2. The first-order valence-electron chi connectivity index (χ1n) is 7.02. The van der Waals surface area contributed by atoms with E-state index in [9.17, 15) is 0 Å². The SMILES string of the molecule is NCCC1CCCN(C/C=C/c2ccccc2)C1. The number of hydrogen-bond donors (Lipinski definition) is 1. The molecule has 0 aromatic heterocycles. The molecule has 1 atom stereocenters. The summed E-state index contributed by atoms with van der Waals surface area (Å²) in [5, 5.41) is 0. The van der Waals surface area contributed by atoms with Gasteiger partial charge in [-0.15, -0.1) is 0 Å². The van der Waals surface area contributed by atoms with Crippen molar-refractivity contribution in [1.82, 2.24) is 4.90 Å². The number of likely N-dealkylation sites (tertiary alicyclic amines) is 1. The van der Waals surface area contributed by atoms with Gasteiger partial charge in [0.15, 0.2) is 0 Å². The van der Waals surface area contributed by atoms with Gasteiger partial charge in [-0.25, -0.2) is 0 Å². The van der Waals surface area contributed by atoms with Crippen LogP contribution in [-0.4, -0.2) is 31.1 Å². The highest BCUT2D eigenvalue weighted by Crippen LogP contribution is 2.18. The molecular weight excluding hydrogens is 220 g/mol. The van der Waals surface area contributed by atoms with E-state index in [1.807, 2.05) is 0 Å². The Morgan fingerprint density at radius 3 is 2.89 bits per heavy atom. The lowest BCUT2D eigenvalue weighted by molar-refractivity contribution is 0.186. The van der Waals surface area contributed by atoms with Crippen LogP contribution in [0.4, 0.5) is 0 Å². The van der Waals surface area contributed by atoms with Crippen molar-refractivity contribution >= 4 is 6.08 Å². The van der Waals surface area contributed by atoms with Crippen molar-refractivity contribution in [3.8, 4) is 0 Å². The fourth-order valence-electron chi connectivity index (χ4n) is 2.69. The lowest BCUT2D eigenvalue weighted by atomic mass is 9.95. The summed E-state index contributed by atoms with van der Waals surface area (Å²) < 4.78 is 0. The number of nitrogens with zero attached hydrogens (tertiary/aromatic N) is 1. The van der Waals surface area contributed by atoms with Crippen LogP contribution in [0.3, 0.4) is 0 Å². The highest BCUT2D eigenvalue weighted by molar-refractivity contribution is 5.48. The fraction of sp³-hybridized carbons (Fsp3) is 0.500. The summed E-state index contributed by atoms with van der Waals surface area (Å²) >= 11 is 0. The van der Waals surface area contributed by atoms with Gasteiger partial charge in [0, 0.05) is 13.1 Å². The van der Waals surface area contributed by atoms with Gasteiger partial charge in [-0.2, -0.15) is 0 Å². The molecule has 2 N–H and O–H groups in total. The molecular formula is C16H24N2. The van der Waals surface area contributed by atoms with Crippen LogP contribution < -0.4 is 5.73 Å². The number of rotatable bonds is 5. The van der Waals surface area contributed by atoms with Crippen LogP contribution >= 0.6 is 0 Å². The zero-order valence-electron chi connectivity index (χ0n) is 11.1. The summed E-state index contributed by atoms with van der Waals surface area (Å²) in [4.78, 5) is 2.54. The van der Waals surface area contributed by atoms with Gasteiger partial charge in [-0.05, 0) is 43.8 Å². The zero-order valence-corrected chi connectivity index (χ0v) is 11.1.